The quantitative estimate of drug-likeness (QED) is 0.498. The van der Waals surface area contributed by atoms with Crippen molar-refractivity contribution in [3.05, 3.63) is 24.3 Å². The molecule has 1 nitrogen and oxygen atoms in total. The zero-order chi connectivity index (χ0) is 10.6. The molecule has 0 aromatic rings. The van der Waals surface area contributed by atoms with Crippen molar-refractivity contribution in [2.45, 2.75) is 45.5 Å². The number of hydrogen-bond donors (Lipinski definition) is 0. The molecule has 0 fully saturated rings. The van der Waals surface area contributed by atoms with Crippen molar-refractivity contribution >= 4 is 8.32 Å². The number of allylic oxidation sites excluding steroid dienone is 2. The van der Waals surface area contributed by atoms with Gasteiger partial charge in [0.1, 0.15) is 0 Å². The van der Waals surface area contributed by atoms with Gasteiger partial charge in [-0.1, -0.05) is 31.2 Å². The topological polar surface area (TPSA) is 9.23 Å². The Kier molecular flexibility index (Phi) is 4.14. The summed E-state index contributed by atoms with van der Waals surface area (Å²) >= 11 is 0. The molecule has 0 N–H and O–H groups in total. The van der Waals surface area contributed by atoms with E-state index in [0.717, 1.165) is 6.42 Å². The normalized spacial score (nSPS) is 33.1. The fraction of sp³-hybridized carbons (Fsp3) is 0.667. The maximum Gasteiger partial charge on any atom is 0.184 e. The molecule has 0 aliphatic heterocycles. The summed E-state index contributed by atoms with van der Waals surface area (Å²) in [6.07, 6.45) is 11.7. The van der Waals surface area contributed by atoms with Crippen LogP contribution in [0.2, 0.25) is 19.6 Å². The summed E-state index contributed by atoms with van der Waals surface area (Å²) in [5, 5.41) is 0. The molecule has 1 aliphatic rings. The Balaban J connectivity index is 2.63. The predicted molar refractivity (Wildman–Crippen MR) is 64.9 cm³/mol. The molecule has 1 rings (SSSR count). The molecule has 0 heterocycles. The molecule has 0 aromatic heterocycles. The monoisotopic (exact) mass is 210 g/mol. The molecule has 0 spiro atoms. The lowest BCUT2D eigenvalue weighted by Crippen LogP contribution is -2.34. The number of hydrogen-bond acceptors (Lipinski definition) is 1. The van der Waals surface area contributed by atoms with Crippen molar-refractivity contribution in [2.75, 3.05) is 0 Å². The highest BCUT2D eigenvalue weighted by molar-refractivity contribution is 6.69. The van der Waals surface area contributed by atoms with Gasteiger partial charge in [0.25, 0.3) is 0 Å². The highest BCUT2D eigenvalue weighted by Crippen LogP contribution is 2.19. The third kappa shape index (κ3) is 4.25. The molecular weight excluding hydrogens is 188 g/mol. The van der Waals surface area contributed by atoms with Crippen LogP contribution in [0.4, 0.5) is 0 Å². The Hall–Kier alpha value is -0.343. The van der Waals surface area contributed by atoms with E-state index >= 15 is 0 Å². The molecule has 2 atom stereocenters. The van der Waals surface area contributed by atoms with Gasteiger partial charge in [0.15, 0.2) is 8.32 Å². The molecule has 80 valence electrons. The van der Waals surface area contributed by atoms with E-state index in [2.05, 4.69) is 50.9 Å². The van der Waals surface area contributed by atoms with Gasteiger partial charge in [-0.15, -0.1) is 0 Å². The van der Waals surface area contributed by atoms with Gasteiger partial charge in [-0.05, 0) is 32.5 Å². The van der Waals surface area contributed by atoms with Crippen LogP contribution >= 0.6 is 0 Å². The second-order valence-corrected chi connectivity index (χ2v) is 9.45. The minimum atomic E-state index is -1.41. The van der Waals surface area contributed by atoms with E-state index < -0.39 is 8.32 Å². The van der Waals surface area contributed by atoms with E-state index in [-0.39, 0.29) is 0 Å². The third-order valence-electron chi connectivity index (χ3n) is 2.27. The Bertz CT molecular complexity index is 225. The molecular formula is C12H22OSi. The smallest absolute Gasteiger partial charge is 0.184 e. The molecule has 2 unspecified atom stereocenters. The van der Waals surface area contributed by atoms with Crippen LogP contribution in [-0.4, -0.2) is 14.4 Å². The van der Waals surface area contributed by atoms with E-state index in [1.54, 1.807) is 0 Å². The molecule has 0 bridgehead atoms. The Morgan fingerprint density at radius 3 is 2.21 bits per heavy atom. The summed E-state index contributed by atoms with van der Waals surface area (Å²) in [5.74, 6) is 0.512. The Labute approximate surface area is 89.0 Å². The predicted octanol–water partition coefficient (Wildman–Crippen LogP) is 3.75. The van der Waals surface area contributed by atoms with E-state index in [1.165, 1.54) is 6.42 Å². The third-order valence-corrected chi connectivity index (χ3v) is 3.25. The van der Waals surface area contributed by atoms with Gasteiger partial charge in [-0.2, -0.15) is 0 Å². The molecule has 0 aromatic carbocycles. The van der Waals surface area contributed by atoms with Crippen LogP contribution in [0.3, 0.4) is 0 Å². The van der Waals surface area contributed by atoms with E-state index in [9.17, 15) is 0 Å². The first kappa shape index (κ1) is 11.7. The molecule has 2 heteroatoms. The molecule has 0 amide bonds. The highest BCUT2D eigenvalue weighted by atomic mass is 28.4. The molecule has 14 heavy (non-hydrogen) atoms. The highest BCUT2D eigenvalue weighted by Gasteiger charge is 2.22. The fourth-order valence-corrected chi connectivity index (χ4v) is 2.68. The first-order valence-corrected chi connectivity index (χ1v) is 8.91. The van der Waals surface area contributed by atoms with Crippen LogP contribution in [0.1, 0.15) is 19.8 Å². The standard InChI is InChI=1S/C12H22OSi/c1-11-9-7-5-6-8-10-12(11)13-14(2,3)4/h7-12H,5-6H2,1-4H3/b9-7-,10-8-. The minimum Gasteiger partial charge on any atom is -0.411 e. The molecule has 1 aliphatic carbocycles. The van der Waals surface area contributed by atoms with Crippen LogP contribution in [0.15, 0.2) is 24.3 Å². The fourth-order valence-electron chi connectivity index (χ4n) is 1.57. The summed E-state index contributed by atoms with van der Waals surface area (Å²) in [4.78, 5) is 0. The Morgan fingerprint density at radius 1 is 1.07 bits per heavy atom. The lowest BCUT2D eigenvalue weighted by atomic mass is 10.0. The van der Waals surface area contributed by atoms with Crippen molar-refractivity contribution in [2.24, 2.45) is 5.92 Å². The van der Waals surface area contributed by atoms with Gasteiger partial charge in [0.2, 0.25) is 0 Å². The zero-order valence-electron chi connectivity index (χ0n) is 9.79. The first-order chi connectivity index (χ1) is 6.49. The maximum atomic E-state index is 6.13. The molecule has 0 radical (unpaired) electrons. The lowest BCUT2D eigenvalue weighted by molar-refractivity contribution is 0.203. The zero-order valence-corrected chi connectivity index (χ0v) is 10.8. The van der Waals surface area contributed by atoms with Crippen LogP contribution in [0.5, 0.6) is 0 Å². The van der Waals surface area contributed by atoms with Gasteiger partial charge < -0.3 is 4.43 Å². The van der Waals surface area contributed by atoms with Crippen LogP contribution < -0.4 is 0 Å². The molecule has 0 saturated carbocycles. The van der Waals surface area contributed by atoms with Crippen molar-refractivity contribution in [3.8, 4) is 0 Å². The van der Waals surface area contributed by atoms with Crippen LogP contribution in [0, 0.1) is 5.92 Å². The summed E-state index contributed by atoms with van der Waals surface area (Å²) in [6, 6.07) is 0. The maximum absolute atomic E-state index is 6.13. The van der Waals surface area contributed by atoms with Gasteiger partial charge in [0.05, 0.1) is 6.10 Å². The van der Waals surface area contributed by atoms with Crippen LogP contribution in [0.25, 0.3) is 0 Å². The largest absolute Gasteiger partial charge is 0.411 e. The van der Waals surface area contributed by atoms with Gasteiger partial charge in [-0.3, -0.25) is 0 Å². The average molecular weight is 210 g/mol. The summed E-state index contributed by atoms with van der Waals surface area (Å²) < 4.78 is 6.13. The van der Waals surface area contributed by atoms with Gasteiger partial charge in [0, 0.05) is 5.92 Å². The van der Waals surface area contributed by atoms with Gasteiger partial charge >= 0.3 is 0 Å². The second-order valence-electron chi connectivity index (χ2n) is 4.99. The summed E-state index contributed by atoms with van der Waals surface area (Å²) in [6.45, 7) is 8.97. The first-order valence-electron chi connectivity index (χ1n) is 5.50. The Morgan fingerprint density at radius 2 is 1.64 bits per heavy atom. The van der Waals surface area contributed by atoms with E-state index in [0.29, 0.717) is 12.0 Å². The van der Waals surface area contributed by atoms with Crippen molar-refractivity contribution in [3.63, 3.8) is 0 Å². The molecule has 0 saturated heterocycles. The minimum absolute atomic E-state index is 0.290. The van der Waals surface area contributed by atoms with Crippen molar-refractivity contribution < 1.29 is 4.43 Å². The van der Waals surface area contributed by atoms with Gasteiger partial charge in [-0.25, -0.2) is 0 Å². The van der Waals surface area contributed by atoms with Crippen LogP contribution in [-0.2, 0) is 4.43 Å². The second kappa shape index (κ2) is 4.94. The lowest BCUT2D eigenvalue weighted by Gasteiger charge is -2.28. The number of rotatable bonds is 2. The van der Waals surface area contributed by atoms with Crippen molar-refractivity contribution in [1.82, 2.24) is 0 Å². The summed E-state index contributed by atoms with van der Waals surface area (Å²) in [7, 11) is -1.41. The SMILES string of the molecule is CC1/C=C\CC/C=C\C1O[Si](C)(C)C. The van der Waals surface area contributed by atoms with E-state index in [4.69, 9.17) is 4.43 Å². The van der Waals surface area contributed by atoms with E-state index in [1.807, 2.05) is 0 Å². The average Bonchev–Trinajstić information content (AvgIpc) is 2.03. The summed E-state index contributed by atoms with van der Waals surface area (Å²) in [5.41, 5.74) is 0. The van der Waals surface area contributed by atoms with Crippen molar-refractivity contribution in [1.29, 1.82) is 0 Å².